The number of carbonyl (C=O) groups is 4. The lowest BCUT2D eigenvalue weighted by Gasteiger charge is -2.29. The van der Waals surface area contributed by atoms with Crippen molar-refractivity contribution in [3.63, 3.8) is 0 Å². The van der Waals surface area contributed by atoms with Gasteiger partial charge in [-0.05, 0) is 47.4 Å². The molecule has 0 atom stereocenters. The third-order valence-corrected chi connectivity index (χ3v) is 5.64. The van der Waals surface area contributed by atoms with Crippen LogP contribution < -0.4 is 4.90 Å². The molecule has 0 aliphatic carbocycles. The molecule has 2 heterocycles. The van der Waals surface area contributed by atoms with E-state index in [0.717, 1.165) is 10.5 Å². The highest BCUT2D eigenvalue weighted by Gasteiger charge is 2.38. The first-order chi connectivity index (χ1) is 14.2. The van der Waals surface area contributed by atoms with Crippen molar-refractivity contribution in [2.45, 2.75) is 26.2 Å². The van der Waals surface area contributed by atoms with Gasteiger partial charge >= 0.3 is 11.9 Å². The topological polar surface area (TPSA) is 80.8 Å². The smallest absolute Gasteiger partial charge is 0.346 e. The average molecular weight is 399 g/mol. The van der Waals surface area contributed by atoms with Gasteiger partial charge in [-0.3, -0.25) is 9.59 Å². The van der Waals surface area contributed by atoms with Crippen molar-refractivity contribution >= 4 is 40.2 Å². The number of imide groups is 1. The second-order valence-corrected chi connectivity index (χ2v) is 8.49. The van der Waals surface area contributed by atoms with E-state index >= 15 is 0 Å². The van der Waals surface area contributed by atoms with Crippen LogP contribution in [0.15, 0.2) is 48.5 Å². The zero-order valence-electron chi connectivity index (χ0n) is 16.6. The first kappa shape index (κ1) is 18.2. The number of hydrogen-bond acceptors (Lipinski definition) is 5. The molecule has 2 amide bonds. The van der Waals surface area contributed by atoms with Gasteiger partial charge in [0.25, 0.3) is 11.8 Å². The maximum atomic E-state index is 13.3. The van der Waals surface area contributed by atoms with Crippen molar-refractivity contribution in [1.82, 2.24) is 0 Å². The van der Waals surface area contributed by atoms with E-state index in [9.17, 15) is 19.2 Å². The van der Waals surface area contributed by atoms with E-state index in [4.69, 9.17) is 4.74 Å². The Labute approximate surface area is 172 Å². The Bertz CT molecular complexity index is 1240. The summed E-state index contributed by atoms with van der Waals surface area (Å²) in [6.45, 7) is 6.25. The molecule has 0 spiro atoms. The lowest BCUT2D eigenvalue weighted by Crippen LogP contribution is -2.41. The Balaban J connectivity index is 1.71. The second-order valence-electron chi connectivity index (χ2n) is 8.49. The van der Waals surface area contributed by atoms with Crippen LogP contribution in [0.2, 0.25) is 0 Å². The van der Waals surface area contributed by atoms with Gasteiger partial charge in [0.05, 0.1) is 16.8 Å². The highest BCUT2D eigenvalue weighted by atomic mass is 16.6. The summed E-state index contributed by atoms with van der Waals surface area (Å²) >= 11 is 0. The van der Waals surface area contributed by atoms with Gasteiger partial charge in [-0.15, -0.1) is 0 Å². The SMILES string of the molecule is CC(C)(C)c1ccc(N2C(=O)c3ccc4c5c(ccc(c35)C2=O)C(=O)OC4=O)cc1. The molecule has 0 saturated carbocycles. The number of amides is 2. The van der Waals surface area contributed by atoms with Gasteiger partial charge in [0, 0.05) is 21.9 Å². The number of benzene rings is 3. The minimum Gasteiger partial charge on any atom is -0.386 e. The van der Waals surface area contributed by atoms with Crippen LogP contribution in [-0.4, -0.2) is 23.8 Å². The van der Waals surface area contributed by atoms with Crippen molar-refractivity contribution < 1.29 is 23.9 Å². The molecule has 0 N–H and O–H groups in total. The zero-order chi connectivity index (χ0) is 21.4. The molecule has 148 valence electrons. The fourth-order valence-corrected chi connectivity index (χ4v) is 4.06. The molecule has 6 nitrogen and oxygen atoms in total. The van der Waals surface area contributed by atoms with Gasteiger partial charge in [0.2, 0.25) is 0 Å². The molecule has 30 heavy (non-hydrogen) atoms. The lowest BCUT2D eigenvalue weighted by atomic mass is 9.86. The van der Waals surface area contributed by atoms with E-state index in [1.165, 1.54) is 24.3 Å². The van der Waals surface area contributed by atoms with Crippen LogP contribution in [0.3, 0.4) is 0 Å². The van der Waals surface area contributed by atoms with Crippen LogP contribution in [0.25, 0.3) is 10.8 Å². The van der Waals surface area contributed by atoms with Gasteiger partial charge in [-0.2, -0.15) is 0 Å². The molecule has 5 rings (SSSR count). The summed E-state index contributed by atoms with van der Waals surface area (Å²) < 4.78 is 4.76. The molecule has 3 aromatic rings. The Kier molecular flexibility index (Phi) is 3.56. The van der Waals surface area contributed by atoms with Gasteiger partial charge in [-0.25, -0.2) is 14.5 Å². The number of hydrogen-bond donors (Lipinski definition) is 0. The third kappa shape index (κ3) is 2.37. The first-order valence-corrected chi connectivity index (χ1v) is 9.54. The summed E-state index contributed by atoms with van der Waals surface area (Å²) in [5.74, 6) is -2.55. The molecule has 0 aromatic heterocycles. The van der Waals surface area contributed by atoms with Crippen molar-refractivity contribution in [3.8, 4) is 0 Å². The highest BCUT2D eigenvalue weighted by Crippen LogP contribution is 2.38. The summed E-state index contributed by atoms with van der Waals surface area (Å²) in [5.41, 5.74) is 2.38. The number of cyclic esters (lactones) is 2. The summed E-state index contributed by atoms with van der Waals surface area (Å²) in [7, 11) is 0. The van der Waals surface area contributed by atoms with Crippen molar-refractivity contribution in [1.29, 1.82) is 0 Å². The molecule has 6 heteroatoms. The summed E-state index contributed by atoms with van der Waals surface area (Å²) in [4.78, 5) is 52.0. The number of rotatable bonds is 1. The zero-order valence-corrected chi connectivity index (χ0v) is 16.6. The molecule has 3 aromatic carbocycles. The fourth-order valence-electron chi connectivity index (χ4n) is 4.06. The number of ether oxygens (including phenoxy) is 1. The predicted molar refractivity (Wildman–Crippen MR) is 110 cm³/mol. The molecule has 2 aliphatic heterocycles. The van der Waals surface area contributed by atoms with Crippen LogP contribution in [0.1, 0.15) is 67.8 Å². The van der Waals surface area contributed by atoms with Gasteiger partial charge in [-0.1, -0.05) is 32.9 Å². The summed E-state index contributed by atoms with van der Waals surface area (Å²) in [5, 5.41) is 0.628. The monoisotopic (exact) mass is 399 g/mol. The van der Waals surface area contributed by atoms with Crippen LogP contribution in [0.5, 0.6) is 0 Å². The Morgan fingerprint density at radius 3 is 1.53 bits per heavy atom. The minimum absolute atomic E-state index is 0.0612. The van der Waals surface area contributed by atoms with E-state index < -0.39 is 23.8 Å². The Morgan fingerprint density at radius 1 is 0.633 bits per heavy atom. The quantitative estimate of drug-likeness (QED) is 0.347. The normalized spacial score (nSPS) is 15.6. The summed E-state index contributed by atoms with van der Waals surface area (Å²) in [6, 6.07) is 13.3. The number of anilines is 1. The van der Waals surface area contributed by atoms with Crippen molar-refractivity contribution in [3.05, 3.63) is 76.3 Å². The largest absolute Gasteiger partial charge is 0.386 e. The van der Waals surface area contributed by atoms with Crippen LogP contribution in [0.4, 0.5) is 5.69 Å². The third-order valence-electron chi connectivity index (χ3n) is 5.64. The maximum absolute atomic E-state index is 13.3. The van der Waals surface area contributed by atoms with E-state index in [2.05, 4.69) is 20.8 Å². The standard InChI is InChI=1S/C24H17NO5/c1-24(2,3)12-4-6-13(7-5-12)25-20(26)14-8-10-16-19-17(23(29)30-22(16)28)11-9-15(18(14)19)21(25)27/h4-11H,1-3H3. The molecule has 0 radical (unpaired) electrons. The number of nitrogens with zero attached hydrogens (tertiary/aromatic N) is 1. The molecular weight excluding hydrogens is 382 g/mol. The Morgan fingerprint density at radius 2 is 1.07 bits per heavy atom. The van der Waals surface area contributed by atoms with Gasteiger partial charge in [0.15, 0.2) is 0 Å². The molecular formula is C24H17NO5. The predicted octanol–water partition coefficient (Wildman–Crippen LogP) is 4.25. The molecule has 0 fully saturated rings. The van der Waals surface area contributed by atoms with Crippen LogP contribution >= 0.6 is 0 Å². The van der Waals surface area contributed by atoms with Crippen LogP contribution in [0, 0.1) is 0 Å². The average Bonchev–Trinajstić information content (AvgIpc) is 2.70. The van der Waals surface area contributed by atoms with Gasteiger partial charge in [0.1, 0.15) is 0 Å². The highest BCUT2D eigenvalue weighted by molar-refractivity contribution is 6.38. The van der Waals surface area contributed by atoms with E-state index in [-0.39, 0.29) is 27.7 Å². The summed E-state index contributed by atoms with van der Waals surface area (Å²) in [6.07, 6.45) is 0. The second kappa shape index (κ2) is 5.86. The van der Waals surface area contributed by atoms with Crippen molar-refractivity contribution in [2.24, 2.45) is 0 Å². The Hall–Kier alpha value is -3.80. The molecule has 0 saturated heterocycles. The van der Waals surface area contributed by atoms with Crippen molar-refractivity contribution in [2.75, 3.05) is 4.90 Å². The van der Waals surface area contributed by atoms with E-state index in [0.29, 0.717) is 16.5 Å². The lowest BCUT2D eigenvalue weighted by molar-refractivity contribution is 0.0390. The maximum Gasteiger partial charge on any atom is 0.346 e. The minimum atomic E-state index is -0.781. The molecule has 0 unspecified atom stereocenters. The first-order valence-electron chi connectivity index (χ1n) is 9.54. The number of esters is 2. The van der Waals surface area contributed by atoms with E-state index in [1.54, 1.807) is 12.1 Å². The molecule has 2 aliphatic rings. The van der Waals surface area contributed by atoms with E-state index in [1.807, 2.05) is 12.1 Å². The van der Waals surface area contributed by atoms with Gasteiger partial charge < -0.3 is 4.74 Å². The molecule has 0 bridgehead atoms. The number of carbonyl (C=O) groups excluding carboxylic acids is 4. The van der Waals surface area contributed by atoms with Crippen LogP contribution in [-0.2, 0) is 10.2 Å². The fraction of sp³-hybridized carbons (Fsp3) is 0.167.